The molecule has 5 heteroatoms. The van der Waals surface area contributed by atoms with Crippen LogP contribution in [-0.2, 0) is 0 Å². The number of ether oxygens (including phenoxy) is 1. The monoisotopic (exact) mass is 257 g/mol. The zero-order valence-electron chi connectivity index (χ0n) is 10.6. The van der Waals surface area contributed by atoms with Crippen LogP contribution in [0.25, 0.3) is 10.9 Å². The van der Waals surface area contributed by atoms with Gasteiger partial charge in [-0.15, -0.1) is 0 Å². The first-order valence-corrected chi connectivity index (χ1v) is 6.66. The lowest BCUT2D eigenvalue weighted by molar-refractivity contribution is 0.202. The molecule has 0 unspecified atom stereocenters. The molecule has 1 aromatic carbocycles. The molecular weight excluding hydrogens is 241 g/mol. The zero-order valence-corrected chi connectivity index (χ0v) is 10.6. The molecule has 1 saturated carbocycles. The van der Waals surface area contributed by atoms with E-state index in [1.54, 1.807) is 18.2 Å². The summed E-state index contributed by atoms with van der Waals surface area (Å²) in [5, 5.41) is 19.2. The topological polar surface area (TPSA) is 62.6 Å². The molecule has 3 rings (SSSR count). The summed E-state index contributed by atoms with van der Waals surface area (Å²) in [5.41, 5.74) is 1.28. The maximum absolute atomic E-state index is 9.14. The summed E-state index contributed by atoms with van der Waals surface area (Å²) in [6.07, 6.45) is 4.97. The van der Waals surface area contributed by atoms with Gasteiger partial charge in [0.15, 0.2) is 0 Å². The quantitative estimate of drug-likeness (QED) is 0.812. The van der Waals surface area contributed by atoms with Crippen LogP contribution in [0.5, 0.6) is 5.88 Å². The minimum Gasteiger partial charge on any atom is -0.474 e. The Hall–Kier alpha value is -1.59. The van der Waals surface area contributed by atoms with Crippen molar-refractivity contribution in [2.45, 2.75) is 31.8 Å². The minimum atomic E-state index is -1.45. The Morgan fingerprint density at radius 1 is 1.11 bits per heavy atom. The van der Waals surface area contributed by atoms with Crippen LogP contribution in [-0.4, -0.2) is 28.3 Å². The maximum Gasteiger partial charge on any atom is 0.488 e. The Balaban J connectivity index is 1.86. The van der Waals surface area contributed by atoms with E-state index in [9.17, 15) is 0 Å². The first kappa shape index (κ1) is 12.4. The van der Waals surface area contributed by atoms with Crippen LogP contribution in [0, 0.1) is 0 Å². The van der Waals surface area contributed by atoms with Crippen molar-refractivity contribution in [1.82, 2.24) is 4.98 Å². The molecule has 0 bridgehead atoms. The van der Waals surface area contributed by atoms with Gasteiger partial charge in [0.2, 0.25) is 5.88 Å². The molecule has 1 aliphatic carbocycles. The molecule has 19 heavy (non-hydrogen) atoms. The van der Waals surface area contributed by atoms with Crippen LogP contribution >= 0.6 is 0 Å². The predicted molar refractivity (Wildman–Crippen MR) is 74.5 cm³/mol. The summed E-state index contributed by atoms with van der Waals surface area (Å²) in [5.74, 6) is 0.650. The first-order valence-electron chi connectivity index (χ1n) is 6.66. The molecular formula is C14H16BNO3. The second kappa shape index (κ2) is 5.19. The summed E-state index contributed by atoms with van der Waals surface area (Å²) < 4.78 is 5.85. The highest BCUT2D eigenvalue weighted by Crippen LogP contribution is 2.24. The largest absolute Gasteiger partial charge is 0.488 e. The highest BCUT2D eigenvalue weighted by atomic mass is 16.5. The van der Waals surface area contributed by atoms with Gasteiger partial charge in [0, 0.05) is 11.5 Å². The number of hydrogen-bond acceptors (Lipinski definition) is 4. The van der Waals surface area contributed by atoms with E-state index in [0.29, 0.717) is 17.4 Å². The lowest BCUT2D eigenvalue weighted by atomic mass is 9.80. The van der Waals surface area contributed by atoms with Crippen molar-refractivity contribution in [3.05, 3.63) is 30.3 Å². The van der Waals surface area contributed by atoms with Crippen LogP contribution in [0.3, 0.4) is 0 Å². The van der Waals surface area contributed by atoms with E-state index in [1.807, 2.05) is 12.1 Å². The summed E-state index contributed by atoms with van der Waals surface area (Å²) in [6, 6.07) is 8.92. The molecule has 0 atom stereocenters. The smallest absolute Gasteiger partial charge is 0.474 e. The van der Waals surface area contributed by atoms with E-state index in [2.05, 4.69) is 4.98 Å². The molecule has 98 valence electrons. The third kappa shape index (κ3) is 2.72. The molecule has 4 nitrogen and oxygen atoms in total. The minimum absolute atomic E-state index is 0.295. The number of fused-ring (bicyclic) bond motifs is 1. The van der Waals surface area contributed by atoms with E-state index < -0.39 is 7.12 Å². The molecule has 1 aromatic heterocycles. The number of benzene rings is 1. The Kier molecular flexibility index (Phi) is 3.40. The fourth-order valence-corrected chi connectivity index (χ4v) is 2.53. The number of nitrogens with zero attached hydrogens (tertiary/aromatic N) is 1. The SMILES string of the molecule is OB(O)c1ccc2nc(OC3CCCC3)ccc2c1. The van der Waals surface area contributed by atoms with Crippen molar-refractivity contribution < 1.29 is 14.8 Å². The average Bonchev–Trinajstić information content (AvgIpc) is 2.91. The van der Waals surface area contributed by atoms with Crippen molar-refractivity contribution in [2.24, 2.45) is 0 Å². The van der Waals surface area contributed by atoms with Crippen LogP contribution in [0.15, 0.2) is 30.3 Å². The fraction of sp³-hybridized carbons (Fsp3) is 0.357. The van der Waals surface area contributed by atoms with Crippen molar-refractivity contribution in [3.63, 3.8) is 0 Å². The Morgan fingerprint density at radius 3 is 2.63 bits per heavy atom. The molecule has 1 fully saturated rings. The molecule has 0 radical (unpaired) electrons. The van der Waals surface area contributed by atoms with Crippen molar-refractivity contribution in [3.8, 4) is 5.88 Å². The lowest BCUT2D eigenvalue weighted by Crippen LogP contribution is -2.29. The van der Waals surface area contributed by atoms with Crippen molar-refractivity contribution in [2.75, 3.05) is 0 Å². The normalized spacial score (nSPS) is 15.9. The Morgan fingerprint density at radius 2 is 1.89 bits per heavy atom. The molecule has 2 N–H and O–H groups in total. The van der Waals surface area contributed by atoms with Crippen molar-refractivity contribution >= 4 is 23.5 Å². The van der Waals surface area contributed by atoms with E-state index >= 15 is 0 Å². The third-order valence-corrected chi connectivity index (χ3v) is 3.58. The second-order valence-corrected chi connectivity index (χ2v) is 5.00. The number of aromatic nitrogens is 1. The van der Waals surface area contributed by atoms with Crippen LogP contribution in [0.2, 0.25) is 0 Å². The highest BCUT2D eigenvalue weighted by Gasteiger charge is 2.17. The molecule has 0 spiro atoms. The summed E-state index contributed by atoms with van der Waals surface area (Å²) >= 11 is 0. The zero-order chi connectivity index (χ0) is 13.2. The fourth-order valence-electron chi connectivity index (χ4n) is 2.53. The maximum atomic E-state index is 9.14. The van der Waals surface area contributed by atoms with Gasteiger partial charge in [0.1, 0.15) is 6.10 Å². The van der Waals surface area contributed by atoms with Gasteiger partial charge in [0.05, 0.1) is 5.52 Å². The summed E-state index contributed by atoms with van der Waals surface area (Å²) in [4.78, 5) is 4.45. The highest BCUT2D eigenvalue weighted by molar-refractivity contribution is 6.58. The number of rotatable bonds is 3. The number of pyridine rings is 1. The van der Waals surface area contributed by atoms with E-state index in [1.165, 1.54) is 12.8 Å². The van der Waals surface area contributed by atoms with E-state index in [4.69, 9.17) is 14.8 Å². The van der Waals surface area contributed by atoms with E-state index in [-0.39, 0.29) is 0 Å². The second-order valence-electron chi connectivity index (χ2n) is 5.00. The Bertz CT molecular complexity index is 582. The third-order valence-electron chi connectivity index (χ3n) is 3.58. The standard InChI is InChI=1S/C14H16BNO3/c17-15(18)11-6-7-13-10(9-11)5-8-14(16-13)19-12-3-1-2-4-12/h5-9,12,17-18H,1-4H2. The molecule has 0 saturated heterocycles. The lowest BCUT2D eigenvalue weighted by Gasteiger charge is -2.12. The van der Waals surface area contributed by atoms with Gasteiger partial charge >= 0.3 is 7.12 Å². The molecule has 2 aromatic rings. The van der Waals surface area contributed by atoms with Gasteiger partial charge in [-0.1, -0.05) is 12.1 Å². The van der Waals surface area contributed by atoms with Gasteiger partial charge in [-0.2, -0.15) is 0 Å². The van der Waals surface area contributed by atoms with Gasteiger partial charge in [0.25, 0.3) is 0 Å². The molecule has 0 aliphatic heterocycles. The van der Waals surface area contributed by atoms with Crippen LogP contribution in [0.1, 0.15) is 25.7 Å². The number of hydrogen-bond donors (Lipinski definition) is 2. The predicted octanol–water partition coefficient (Wildman–Crippen LogP) is 1.24. The first-order chi connectivity index (χ1) is 9.22. The van der Waals surface area contributed by atoms with Gasteiger partial charge < -0.3 is 14.8 Å². The van der Waals surface area contributed by atoms with Crippen LogP contribution < -0.4 is 10.2 Å². The Labute approximate surface area is 112 Å². The average molecular weight is 257 g/mol. The van der Waals surface area contributed by atoms with Gasteiger partial charge in [-0.3, -0.25) is 0 Å². The van der Waals surface area contributed by atoms with Crippen molar-refractivity contribution in [1.29, 1.82) is 0 Å². The van der Waals surface area contributed by atoms with Gasteiger partial charge in [-0.25, -0.2) is 4.98 Å². The van der Waals surface area contributed by atoms with Gasteiger partial charge in [-0.05, 0) is 43.3 Å². The molecule has 1 aliphatic rings. The molecule has 0 amide bonds. The summed E-state index contributed by atoms with van der Waals surface area (Å²) in [7, 11) is -1.45. The molecule has 1 heterocycles. The summed E-state index contributed by atoms with van der Waals surface area (Å²) in [6.45, 7) is 0. The van der Waals surface area contributed by atoms with Crippen LogP contribution in [0.4, 0.5) is 0 Å². The van der Waals surface area contributed by atoms with E-state index in [0.717, 1.165) is 23.7 Å².